The highest BCUT2D eigenvalue weighted by molar-refractivity contribution is 7.19. The summed E-state index contributed by atoms with van der Waals surface area (Å²) in [7, 11) is 0. The fourth-order valence-electron chi connectivity index (χ4n) is 3.80. The third kappa shape index (κ3) is 6.26. The highest BCUT2D eigenvalue weighted by atomic mass is 35.5. The maximum Gasteiger partial charge on any atom is 0.204 e. The SMILES string of the molecule is Cc1ccc(-c2nc(N/N=C\c3ccc(OCc4ccc(Cl)cc4)cc3)sc2-c2ccccc2)cc1C. The van der Waals surface area contributed by atoms with Crippen LogP contribution in [0.25, 0.3) is 21.7 Å². The third-order valence-corrected chi connectivity index (χ3v) is 7.28. The maximum absolute atomic E-state index is 5.94. The second-order valence-corrected chi connectivity index (χ2v) is 10.2. The monoisotopic (exact) mass is 523 g/mol. The molecule has 4 aromatic carbocycles. The molecule has 0 unspecified atom stereocenters. The molecule has 4 nitrogen and oxygen atoms in total. The predicted octanol–water partition coefficient (Wildman–Crippen LogP) is 8.77. The number of aromatic nitrogens is 1. The molecule has 0 bridgehead atoms. The van der Waals surface area contributed by atoms with Crippen molar-refractivity contribution in [1.29, 1.82) is 0 Å². The van der Waals surface area contributed by atoms with E-state index in [1.807, 2.05) is 66.7 Å². The molecule has 0 saturated heterocycles. The minimum Gasteiger partial charge on any atom is -0.489 e. The zero-order valence-corrected chi connectivity index (χ0v) is 22.2. The second kappa shape index (κ2) is 11.4. The van der Waals surface area contributed by atoms with Crippen LogP contribution < -0.4 is 10.2 Å². The van der Waals surface area contributed by atoms with Crippen LogP contribution in [0.15, 0.2) is 102 Å². The van der Waals surface area contributed by atoms with Crippen molar-refractivity contribution >= 4 is 34.3 Å². The smallest absolute Gasteiger partial charge is 0.204 e. The first-order valence-corrected chi connectivity index (χ1v) is 13.1. The van der Waals surface area contributed by atoms with E-state index >= 15 is 0 Å². The number of hydrazone groups is 1. The first kappa shape index (κ1) is 24.8. The van der Waals surface area contributed by atoms with Gasteiger partial charge in [-0.3, -0.25) is 5.43 Å². The summed E-state index contributed by atoms with van der Waals surface area (Å²) in [5.41, 5.74) is 10.9. The van der Waals surface area contributed by atoms with Gasteiger partial charge in [-0.1, -0.05) is 77.5 Å². The summed E-state index contributed by atoms with van der Waals surface area (Å²) < 4.78 is 5.86. The summed E-state index contributed by atoms with van der Waals surface area (Å²) in [6.45, 7) is 4.74. The molecule has 184 valence electrons. The van der Waals surface area contributed by atoms with Gasteiger partial charge in [0.25, 0.3) is 0 Å². The highest BCUT2D eigenvalue weighted by Crippen LogP contribution is 2.39. The molecular weight excluding hydrogens is 498 g/mol. The number of hydrogen-bond acceptors (Lipinski definition) is 5. The average molecular weight is 524 g/mol. The van der Waals surface area contributed by atoms with Gasteiger partial charge in [-0.25, -0.2) is 4.98 Å². The van der Waals surface area contributed by atoms with Gasteiger partial charge in [0.2, 0.25) is 5.13 Å². The van der Waals surface area contributed by atoms with Crippen molar-refractivity contribution < 1.29 is 4.74 Å². The van der Waals surface area contributed by atoms with Gasteiger partial charge in [0.1, 0.15) is 12.4 Å². The highest BCUT2D eigenvalue weighted by Gasteiger charge is 2.15. The number of benzene rings is 4. The van der Waals surface area contributed by atoms with Gasteiger partial charge in [-0.2, -0.15) is 5.10 Å². The van der Waals surface area contributed by atoms with Crippen molar-refractivity contribution in [3.8, 4) is 27.4 Å². The minimum absolute atomic E-state index is 0.489. The Kier molecular flexibility index (Phi) is 7.64. The van der Waals surface area contributed by atoms with Crippen LogP contribution in [0.1, 0.15) is 22.3 Å². The predicted molar refractivity (Wildman–Crippen MR) is 156 cm³/mol. The second-order valence-electron chi connectivity index (χ2n) is 8.72. The first-order chi connectivity index (χ1) is 18.0. The zero-order valence-electron chi connectivity index (χ0n) is 20.6. The summed E-state index contributed by atoms with van der Waals surface area (Å²) in [4.78, 5) is 6.01. The van der Waals surface area contributed by atoms with Crippen LogP contribution in [0, 0.1) is 13.8 Å². The molecule has 0 amide bonds. The van der Waals surface area contributed by atoms with Gasteiger partial charge in [0, 0.05) is 10.6 Å². The van der Waals surface area contributed by atoms with Crippen LogP contribution in [0.5, 0.6) is 5.75 Å². The number of nitrogens with one attached hydrogen (secondary N) is 1. The van der Waals surface area contributed by atoms with Gasteiger partial charge in [-0.15, -0.1) is 0 Å². The zero-order chi connectivity index (χ0) is 25.6. The molecule has 0 radical (unpaired) electrons. The Morgan fingerprint density at radius 3 is 2.35 bits per heavy atom. The lowest BCUT2D eigenvalue weighted by molar-refractivity contribution is 0.306. The van der Waals surface area contributed by atoms with Crippen LogP contribution in [0.3, 0.4) is 0 Å². The minimum atomic E-state index is 0.489. The van der Waals surface area contributed by atoms with E-state index in [9.17, 15) is 0 Å². The largest absolute Gasteiger partial charge is 0.489 e. The number of anilines is 1. The molecule has 0 saturated carbocycles. The Balaban J connectivity index is 1.29. The molecule has 0 aliphatic carbocycles. The molecule has 0 atom stereocenters. The number of aryl methyl sites for hydroxylation is 2. The molecule has 0 aliphatic rings. The van der Waals surface area contributed by atoms with Gasteiger partial charge < -0.3 is 4.74 Å². The van der Waals surface area contributed by atoms with Crippen LogP contribution in [0.2, 0.25) is 5.02 Å². The van der Waals surface area contributed by atoms with E-state index < -0.39 is 0 Å². The molecule has 5 aromatic rings. The maximum atomic E-state index is 5.94. The van der Waals surface area contributed by atoms with Gasteiger partial charge >= 0.3 is 0 Å². The van der Waals surface area contributed by atoms with Crippen LogP contribution in [-0.4, -0.2) is 11.2 Å². The molecule has 0 spiro atoms. The summed E-state index contributed by atoms with van der Waals surface area (Å²) in [5.74, 6) is 0.797. The molecule has 1 heterocycles. The van der Waals surface area contributed by atoms with E-state index in [0.717, 1.165) is 48.7 Å². The van der Waals surface area contributed by atoms with Crippen LogP contribution in [0.4, 0.5) is 5.13 Å². The number of hydrogen-bond donors (Lipinski definition) is 1. The van der Waals surface area contributed by atoms with Gasteiger partial charge in [0.15, 0.2) is 0 Å². The van der Waals surface area contributed by atoms with Crippen molar-refractivity contribution in [2.24, 2.45) is 5.10 Å². The van der Waals surface area contributed by atoms with Crippen molar-refractivity contribution in [2.75, 3.05) is 5.43 Å². The standard InChI is InChI=1S/C31H26ClN3OS/c1-21-8-13-26(18-22(21)2)29-30(25-6-4-3-5-7-25)37-31(34-29)35-33-19-23-11-16-28(17-12-23)36-20-24-9-14-27(32)15-10-24/h3-19H,20H2,1-2H3,(H,34,35)/b33-19-. The fraction of sp³-hybridized carbons (Fsp3) is 0.0968. The van der Waals surface area contributed by atoms with Gasteiger partial charge in [0.05, 0.1) is 16.8 Å². The molecule has 0 fully saturated rings. The number of nitrogens with zero attached hydrogens (tertiary/aromatic N) is 2. The summed E-state index contributed by atoms with van der Waals surface area (Å²) >= 11 is 7.54. The van der Waals surface area contributed by atoms with Gasteiger partial charge in [-0.05, 0) is 84.1 Å². The number of halogens is 1. The van der Waals surface area contributed by atoms with E-state index in [0.29, 0.717) is 6.61 Å². The van der Waals surface area contributed by atoms with Crippen molar-refractivity contribution in [3.63, 3.8) is 0 Å². The van der Waals surface area contributed by atoms with E-state index in [1.165, 1.54) is 11.1 Å². The van der Waals surface area contributed by atoms with E-state index in [-0.39, 0.29) is 0 Å². The molecule has 1 N–H and O–H groups in total. The van der Waals surface area contributed by atoms with E-state index in [1.54, 1.807) is 17.6 Å². The third-order valence-electron chi connectivity index (χ3n) is 6.02. The molecule has 6 heteroatoms. The Hall–Kier alpha value is -3.93. The Bertz CT molecular complexity index is 1510. The summed E-state index contributed by atoms with van der Waals surface area (Å²) in [6.07, 6.45) is 1.78. The Morgan fingerprint density at radius 1 is 0.865 bits per heavy atom. The summed E-state index contributed by atoms with van der Waals surface area (Å²) in [5, 5.41) is 5.90. The van der Waals surface area contributed by atoms with Crippen molar-refractivity contribution in [3.05, 3.63) is 124 Å². The van der Waals surface area contributed by atoms with E-state index in [4.69, 9.17) is 21.3 Å². The van der Waals surface area contributed by atoms with E-state index in [2.05, 4.69) is 54.7 Å². The molecule has 0 aliphatic heterocycles. The van der Waals surface area contributed by atoms with Crippen molar-refractivity contribution in [1.82, 2.24) is 4.98 Å². The number of ether oxygens (including phenoxy) is 1. The average Bonchev–Trinajstić information content (AvgIpc) is 3.35. The Labute approximate surface area is 226 Å². The van der Waals surface area contributed by atoms with Crippen molar-refractivity contribution in [2.45, 2.75) is 20.5 Å². The number of thiazole rings is 1. The molecule has 37 heavy (non-hydrogen) atoms. The van der Waals surface area contributed by atoms with Crippen LogP contribution in [-0.2, 0) is 6.61 Å². The fourth-order valence-corrected chi connectivity index (χ4v) is 4.87. The molecular formula is C31H26ClN3OS. The lowest BCUT2D eigenvalue weighted by Crippen LogP contribution is -1.95. The lowest BCUT2D eigenvalue weighted by atomic mass is 10.0. The lowest BCUT2D eigenvalue weighted by Gasteiger charge is -2.06. The normalized spacial score (nSPS) is 11.1. The molecule has 1 aromatic heterocycles. The summed E-state index contributed by atoms with van der Waals surface area (Å²) in [6, 6.07) is 32.3. The first-order valence-electron chi connectivity index (χ1n) is 12.0. The quantitative estimate of drug-likeness (QED) is 0.163. The number of rotatable bonds is 8. The topological polar surface area (TPSA) is 46.5 Å². The Morgan fingerprint density at radius 2 is 1.62 bits per heavy atom. The molecule has 5 rings (SSSR count). The van der Waals surface area contributed by atoms with Crippen LogP contribution >= 0.6 is 22.9 Å².